The fourth-order valence-electron chi connectivity index (χ4n) is 0.833. The van der Waals surface area contributed by atoms with Crippen LogP contribution in [-0.2, 0) is 0 Å². The molecule has 0 aliphatic carbocycles. The summed E-state index contributed by atoms with van der Waals surface area (Å²) in [7, 11) is 0. The summed E-state index contributed by atoms with van der Waals surface area (Å²) in [6.45, 7) is 1.58. The number of aliphatic hydroxyl groups is 1. The minimum absolute atomic E-state index is 0.0535. The molecule has 4 N–H and O–H groups in total. The summed E-state index contributed by atoms with van der Waals surface area (Å²) in [5.74, 6) is -0.432. The Balaban J connectivity index is 3.04. The van der Waals surface area contributed by atoms with Gasteiger partial charge in [0.25, 0.3) is 0 Å². The Labute approximate surface area is 74.4 Å². The molecule has 5 nitrogen and oxygen atoms in total. The predicted molar refractivity (Wildman–Crippen MR) is 45.3 cm³/mol. The van der Waals surface area contributed by atoms with Crippen molar-refractivity contribution in [3.8, 4) is 5.75 Å². The van der Waals surface area contributed by atoms with Crippen LogP contribution in [0.4, 0.5) is 0 Å². The first-order valence-corrected chi connectivity index (χ1v) is 3.77. The van der Waals surface area contributed by atoms with Crippen molar-refractivity contribution >= 4 is 0 Å². The second-order valence-corrected chi connectivity index (χ2v) is 2.84. The highest BCUT2D eigenvalue weighted by atomic mass is 16.4. The zero-order chi connectivity index (χ0) is 10.0. The van der Waals surface area contributed by atoms with Gasteiger partial charge in [-0.25, -0.2) is 0 Å². The molecule has 13 heavy (non-hydrogen) atoms. The maximum absolute atomic E-state index is 10.9. The lowest BCUT2D eigenvalue weighted by atomic mass is 10.1. The van der Waals surface area contributed by atoms with E-state index in [1.807, 2.05) is 0 Å². The van der Waals surface area contributed by atoms with E-state index in [1.54, 1.807) is 6.92 Å². The standard InChI is InChI=1S/C8H11NO4/c1-4(9)8(12)7-2-5(10)6(11)3-13-7/h2-4,8,11-12H,9H2,1H3. The number of aliphatic hydroxyl groups excluding tert-OH is 1. The van der Waals surface area contributed by atoms with Crippen molar-refractivity contribution in [2.24, 2.45) is 5.73 Å². The average Bonchev–Trinajstić information content (AvgIpc) is 2.08. The molecule has 0 spiro atoms. The van der Waals surface area contributed by atoms with Crippen molar-refractivity contribution in [1.29, 1.82) is 0 Å². The summed E-state index contributed by atoms with van der Waals surface area (Å²) < 4.78 is 4.78. The van der Waals surface area contributed by atoms with Crippen LogP contribution in [0.1, 0.15) is 18.8 Å². The number of rotatable bonds is 2. The summed E-state index contributed by atoms with van der Waals surface area (Å²) in [6.07, 6.45) is -0.156. The second kappa shape index (κ2) is 3.59. The first kappa shape index (κ1) is 9.76. The highest BCUT2D eigenvalue weighted by Gasteiger charge is 2.15. The van der Waals surface area contributed by atoms with Crippen LogP contribution in [0.2, 0.25) is 0 Å². The summed E-state index contributed by atoms with van der Waals surface area (Å²) >= 11 is 0. The third-order valence-corrected chi connectivity index (χ3v) is 1.62. The van der Waals surface area contributed by atoms with Crippen molar-refractivity contribution in [3.05, 3.63) is 28.3 Å². The van der Waals surface area contributed by atoms with E-state index >= 15 is 0 Å². The largest absolute Gasteiger partial charge is 0.502 e. The van der Waals surface area contributed by atoms with Crippen LogP contribution >= 0.6 is 0 Å². The molecule has 72 valence electrons. The molecule has 0 saturated carbocycles. The van der Waals surface area contributed by atoms with E-state index in [1.165, 1.54) is 0 Å². The fraction of sp³-hybridized carbons (Fsp3) is 0.375. The Morgan fingerprint density at radius 2 is 2.23 bits per heavy atom. The molecule has 1 rings (SSSR count). The molecule has 0 aliphatic heterocycles. The van der Waals surface area contributed by atoms with Crippen molar-refractivity contribution in [2.75, 3.05) is 0 Å². The van der Waals surface area contributed by atoms with E-state index < -0.39 is 23.3 Å². The van der Waals surface area contributed by atoms with Crippen LogP contribution in [0.5, 0.6) is 5.75 Å². The highest BCUT2D eigenvalue weighted by molar-refractivity contribution is 5.17. The highest BCUT2D eigenvalue weighted by Crippen LogP contribution is 2.15. The molecule has 0 aliphatic rings. The molecule has 0 bridgehead atoms. The van der Waals surface area contributed by atoms with Crippen LogP contribution in [0.15, 0.2) is 21.5 Å². The van der Waals surface area contributed by atoms with Gasteiger partial charge in [-0.05, 0) is 6.92 Å². The van der Waals surface area contributed by atoms with Crippen LogP contribution in [0, 0.1) is 0 Å². The minimum atomic E-state index is -1.03. The van der Waals surface area contributed by atoms with Gasteiger partial charge in [0, 0.05) is 12.1 Å². The average molecular weight is 185 g/mol. The Bertz CT molecular complexity index is 344. The maximum atomic E-state index is 10.9. The van der Waals surface area contributed by atoms with Gasteiger partial charge in [0.15, 0.2) is 5.75 Å². The number of hydrogen-bond acceptors (Lipinski definition) is 5. The summed E-state index contributed by atoms with van der Waals surface area (Å²) in [5.41, 5.74) is 4.79. The maximum Gasteiger partial charge on any atom is 0.226 e. The minimum Gasteiger partial charge on any atom is -0.502 e. The van der Waals surface area contributed by atoms with E-state index in [4.69, 9.17) is 15.3 Å². The quantitative estimate of drug-likeness (QED) is 0.589. The Hall–Kier alpha value is -1.33. The molecule has 0 aromatic carbocycles. The zero-order valence-corrected chi connectivity index (χ0v) is 7.10. The normalized spacial score (nSPS) is 15.3. The zero-order valence-electron chi connectivity index (χ0n) is 7.10. The van der Waals surface area contributed by atoms with Gasteiger partial charge in [-0.15, -0.1) is 0 Å². The van der Waals surface area contributed by atoms with Crippen molar-refractivity contribution < 1.29 is 14.6 Å². The first-order chi connectivity index (χ1) is 6.02. The molecule has 2 unspecified atom stereocenters. The van der Waals surface area contributed by atoms with E-state index in [9.17, 15) is 9.90 Å². The van der Waals surface area contributed by atoms with Gasteiger partial charge in [-0.2, -0.15) is 0 Å². The third kappa shape index (κ3) is 2.07. The monoisotopic (exact) mass is 185 g/mol. The van der Waals surface area contributed by atoms with Gasteiger partial charge < -0.3 is 20.4 Å². The summed E-state index contributed by atoms with van der Waals surface area (Å²) in [6, 6.07) is 0.483. The topological polar surface area (TPSA) is 96.7 Å². The van der Waals surface area contributed by atoms with Crippen LogP contribution < -0.4 is 11.2 Å². The Kier molecular flexibility index (Phi) is 2.69. The summed E-state index contributed by atoms with van der Waals surface area (Å²) in [5, 5.41) is 18.2. The Morgan fingerprint density at radius 3 is 2.69 bits per heavy atom. The van der Waals surface area contributed by atoms with Gasteiger partial charge in [0.1, 0.15) is 18.1 Å². The van der Waals surface area contributed by atoms with Gasteiger partial charge in [-0.1, -0.05) is 0 Å². The van der Waals surface area contributed by atoms with E-state index in [2.05, 4.69) is 0 Å². The predicted octanol–water partition coefficient (Wildman–Crippen LogP) is -0.274. The molecule has 0 radical (unpaired) electrons. The van der Waals surface area contributed by atoms with Crippen LogP contribution in [0.3, 0.4) is 0 Å². The van der Waals surface area contributed by atoms with E-state index in [0.717, 1.165) is 12.3 Å². The molecule has 2 atom stereocenters. The molecule has 0 fully saturated rings. The lowest BCUT2D eigenvalue weighted by Crippen LogP contribution is -2.25. The number of aromatic hydroxyl groups is 1. The van der Waals surface area contributed by atoms with E-state index in [-0.39, 0.29) is 5.76 Å². The van der Waals surface area contributed by atoms with Gasteiger partial charge in [-0.3, -0.25) is 4.79 Å². The second-order valence-electron chi connectivity index (χ2n) is 2.84. The van der Waals surface area contributed by atoms with Crippen LogP contribution in [0.25, 0.3) is 0 Å². The molecule has 5 heteroatoms. The van der Waals surface area contributed by atoms with Gasteiger partial charge in [0.05, 0.1) is 0 Å². The fourth-order valence-corrected chi connectivity index (χ4v) is 0.833. The van der Waals surface area contributed by atoms with Gasteiger partial charge >= 0.3 is 0 Å². The molecular formula is C8H11NO4. The van der Waals surface area contributed by atoms with Crippen molar-refractivity contribution in [2.45, 2.75) is 19.1 Å². The molecular weight excluding hydrogens is 174 g/mol. The molecule has 1 aromatic heterocycles. The summed E-state index contributed by atoms with van der Waals surface area (Å²) in [4.78, 5) is 10.9. The molecule has 0 saturated heterocycles. The van der Waals surface area contributed by atoms with Crippen molar-refractivity contribution in [3.63, 3.8) is 0 Å². The Morgan fingerprint density at radius 1 is 1.62 bits per heavy atom. The SMILES string of the molecule is CC(N)C(O)c1cc(=O)c(O)co1. The first-order valence-electron chi connectivity index (χ1n) is 3.77. The lowest BCUT2D eigenvalue weighted by molar-refractivity contribution is 0.124. The van der Waals surface area contributed by atoms with Gasteiger partial charge in [0.2, 0.25) is 5.43 Å². The van der Waals surface area contributed by atoms with Crippen molar-refractivity contribution in [1.82, 2.24) is 0 Å². The lowest BCUT2D eigenvalue weighted by Gasteiger charge is -2.12. The molecule has 0 amide bonds. The number of hydrogen-bond donors (Lipinski definition) is 3. The third-order valence-electron chi connectivity index (χ3n) is 1.62. The number of nitrogens with two attached hydrogens (primary N) is 1. The van der Waals surface area contributed by atoms with Crippen LogP contribution in [-0.4, -0.2) is 16.3 Å². The van der Waals surface area contributed by atoms with E-state index in [0.29, 0.717) is 0 Å². The molecule has 1 heterocycles. The molecule has 1 aromatic rings. The smallest absolute Gasteiger partial charge is 0.226 e.